The highest BCUT2D eigenvalue weighted by molar-refractivity contribution is 9.12. The number of nitrogens with zero attached hydrogens (tertiary/aromatic N) is 2. The molecule has 0 amide bonds. The quantitative estimate of drug-likeness (QED) is 0.641. The average molecular weight is 388 g/mol. The van der Waals surface area contributed by atoms with Gasteiger partial charge >= 0.3 is 0 Å². The Kier molecular flexibility index (Phi) is 3.98. The van der Waals surface area contributed by atoms with Crippen molar-refractivity contribution in [3.63, 3.8) is 0 Å². The minimum absolute atomic E-state index is 0.113. The number of nitro benzene ring substituents is 1. The number of halogens is 1. The number of fused-ring (bicyclic) bond motifs is 1. The first kappa shape index (κ1) is 16.0. The zero-order valence-corrected chi connectivity index (χ0v) is 14.0. The number of aromatic nitrogens is 1. The van der Waals surface area contributed by atoms with Gasteiger partial charge in [-0.1, -0.05) is 12.1 Å². The largest absolute Gasteiger partial charge is 0.384 e. The van der Waals surface area contributed by atoms with Gasteiger partial charge in [-0.05, 0) is 22.0 Å². The number of hydrogen-bond acceptors (Lipinski definition) is 6. The highest BCUT2D eigenvalue weighted by atomic mass is 79.9. The van der Waals surface area contributed by atoms with E-state index in [9.17, 15) is 19.7 Å². The highest BCUT2D eigenvalue weighted by Gasteiger charge is 2.33. The fraction of sp³-hybridized carbons (Fsp3) is 0.0625. The summed E-state index contributed by atoms with van der Waals surface area (Å²) >= 11 is 3.15. The lowest BCUT2D eigenvalue weighted by Crippen LogP contribution is -2.27. The Bertz CT molecular complexity index is 937. The summed E-state index contributed by atoms with van der Waals surface area (Å²) in [6.45, 7) is 0. The van der Waals surface area contributed by atoms with E-state index in [4.69, 9.17) is 0 Å². The molecule has 0 bridgehead atoms. The zero-order valence-electron chi connectivity index (χ0n) is 12.4. The van der Waals surface area contributed by atoms with E-state index in [0.717, 1.165) is 0 Å². The smallest absolute Gasteiger partial charge is 0.270 e. The number of benzene rings is 1. The minimum atomic E-state index is -0.527. The number of allylic oxidation sites excluding steroid dienone is 2. The number of pyridine rings is 1. The second-order valence-electron chi connectivity index (χ2n) is 4.99. The summed E-state index contributed by atoms with van der Waals surface area (Å²) in [5, 5.41) is 13.7. The van der Waals surface area contributed by atoms with Crippen molar-refractivity contribution >= 4 is 33.2 Å². The van der Waals surface area contributed by atoms with Crippen LogP contribution < -0.4 is 5.32 Å². The van der Waals surface area contributed by atoms with Gasteiger partial charge in [-0.2, -0.15) is 0 Å². The molecule has 1 aliphatic carbocycles. The van der Waals surface area contributed by atoms with Crippen molar-refractivity contribution < 1.29 is 14.5 Å². The number of carbonyl (C=O) groups excluding carboxylic acids is 2. The number of hydrogen-bond donors (Lipinski definition) is 1. The minimum Gasteiger partial charge on any atom is -0.384 e. The number of non-ortho nitro benzene ring substituents is 1. The predicted octanol–water partition coefficient (Wildman–Crippen LogP) is 2.86. The SMILES string of the molecule is CNC1=C(Br)C(=O)c2c(ccnc2-c2cccc([N+](=O)[O-])c2)C1=O. The number of nitrogens with one attached hydrogen (secondary N) is 1. The third kappa shape index (κ3) is 2.41. The van der Waals surface area contributed by atoms with Crippen LogP contribution in [-0.2, 0) is 0 Å². The fourth-order valence-corrected chi connectivity index (χ4v) is 3.12. The van der Waals surface area contributed by atoms with Crippen LogP contribution in [0, 0.1) is 10.1 Å². The van der Waals surface area contributed by atoms with Crippen LogP contribution in [0.1, 0.15) is 20.7 Å². The molecular formula is C16H10BrN3O4. The lowest BCUT2D eigenvalue weighted by Gasteiger charge is -2.19. The molecule has 8 heteroatoms. The van der Waals surface area contributed by atoms with Gasteiger partial charge in [-0.15, -0.1) is 0 Å². The van der Waals surface area contributed by atoms with Crippen molar-refractivity contribution in [3.05, 3.63) is 67.9 Å². The van der Waals surface area contributed by atoms with Crippen LogP contribution in [0.2, 0.25) is 0 Å². The first-order valence-corrected chi connectivity index (χ1v) is 7.65. The molecule has 0 spiro atoms. The monoisotopic (exact) mass is 387 g/mol. The van der Waals surface area contributed by atoms with Gasteiger partial charge in [-0.3, -0.25) is 24.7 Å². The van der Waals surface area contributed by atoms with Crippen molar-refractivity contribution in [2.75, 3.05) is 7.05 Å². The molecule has 0 saturated heterocycles. The number of carbonyl (C=O) groups is 2. The van der Waals surface area contributed by atoms with Gasteiger partial charge in [0.2, 0.25) is 11.6 Å². The third-order valence-electron chi connectivity index (χ3n) is 3.65. The van der Waals surface area contributed by atoms with E-state index in [1.54, 1.807) is 13.1 Å². The molecule has 0 radical (unpaired) electrons. The number of rotatable bonds is 3. The summed E-state index contributed by atoms with van der Waals surface area (Å²) in [4.78, 5) is 39.8. The van der Waals surface area contributed by atoms with Crippen molar-refractivity contribution in [2.45, 2.75) is 0 Å². The van der Waals surface area contributed by atoms with E-state index in [0.29, 0.717) is 5.56 Å². The van der Waals surface area contributed by atoms with E-state index in [-0.39, 0.29) is 38.5 Å². The third-order valence-corrected chi connectivity index (χ3v) is 4.41. The number of nitro groups is 1. The van der Waals surface area contributed by atoms with Crippen LogP contribution in [0.5, 0.6) is 0 Å². The summed E-state index contributed by atoms with van der Waals surface area (Å²) in [6, 6.07) is 7.26. The Morgan fingerprint density at radius 1 is 1.21 bits per heavy atom. The molecule has 1 N–H and O–H groups in total. The van der Waals surface area contributed by atoms with Crippen LogP contribution in [-0.4, -0.2) is 28.5 Å². The fourth-order valence-electron chi connectivity index (χ4n) is 2.55. The molecule has 0 aliphatic heterocycles. The van der Waals surface area contributed by atoms with Crippen molar-refractivity contribution in [1.29, 1.82) is 0 Å². The Labute approximate surface area is 144 Å². The summed E-state index contributed by atoms with van der Waals surface area (Å²) in [7, 11) is 1.55. The van der Waals surface area contributed by atoms with Crippen LogP contribution in [0.25, 0.3) is 11.3 Å². The lowest BCUT2D eigenvalue weighted by atomic mass is 9.89. The Hall–Kier alpha value is -2.87. The molecule has 1 heterocycles. The van der Waals surface area contributed by atoms with Crippen molar-refractivity contribution in [2.24, 2.45) is 0 Å². The van der Waals surface area contributed by atoms with Crippen LogP contribution in [0.15, 0.2) is 46.7 Å². The Balaban J connectivity index is 2.25. The summed E-state index contributed by atoms with van der Waals surface area (Å²) in [5.41, 5.74) is 1.03. The molecule has 0 fully saturated rings. The maximum absolute atomic E-state index is 12.7. The molecule has 0 unspecified atom stereocenters. The normalized spacial score (nSPS) is 13.8. The molecule has 1 aromatic carbocycles. The van der Waals surface area contributed by atoms with Crippen LogP contribution >= 0.6 is 15.9 Å². The molecule has 24 heavy (non-hydrogen) atoms. The van der Waals surface area contributed by atoms with Crippen LogP contribution in [0.4, 0.5) is 5.69 Å². The summed E-state index contributed by atoms with van der Waals surface area (Å²) < 4.78 is 0.113. The first-order valence-electron chi connectivity index (χ1n) is 6.86. The van der Waals surface area contributed by atoms with Gasteiger partial charge in [0, 0.05) is 36.5 Å². The molecular weight excluding hydrogens is 378 g/mol. The first-order chi connectivity index (χ1) is 11.5. The molecule has 2 aromatic rings. The average Bonchev–Trinajstić information content (AvgIpc) is 2.60. The van der Waals surface area contributed by atoms with Gasteiger partial charge in [0.15, 0.2) is 0 Å². The van der Waals surface area contributed by atoms with E-state index >= 15 is 0 Å². The molecule has 0 saturated carbocycles. The van der Waals surface area contributed by atoms with Gasteiger partial charge < -0.3 is 5.32 Å². The zero-order chi connectivity index (χ0) is 17.4. The molecule has 1 aromatic heterocycles. The maximum atomic E-state index is 12.7. The van der Waals surface area contributed by atoms with E-state index in [1.807, 2.05) is 0 Å². The number of likely N-dealkylation sites (N-methyl/N-ethyl adjacent to an activating group) is 1. The number of ketones is 2. The van der Waals surface area contributed by atoms with Gasteiger partial charge in [-0.25, -0.2) is 0 Å². The maximum Gasteiger partial charge on any atom is 0.270 e. The Morgan fingerprint density at radius 2 is 1.96 bits per heavy atom. The summed E-state index contributed by atoms with van der Waals surface area (Å²) in [6.07, 6.45) is 1.41. The summed E-state index contributed by atoms with van der Waals surface area (Å²) in [5.74, 6) is -0.739. The second kappa shape index (κ2) is 5.97. The molecule has 3 rings (SSSR count). The van der Waals surface area contributed by atoms with Gasteiger partial charge in [0.1, 0.15) is 5.70 Å². The highest BCUT2D eigenvalue weighted by Crippen LogP contribution is 2.34. The molecule has 7 nitrogen and oxygen atoms in total. The topological polar surface area (TPSA) is 102 Å². The molecule has 120 valence electrons. The van der Waals surface area contributed by atoms with E-state index in [1.165, 1.54) is 30.5 Å². The van der Waals surface area contributed by atoms with E-state index < -0.39 is 10.7 Å². The van der Waals surface area contributed by atoms with Crippen molar-refractivity contribution in [1.82, 2.24) is 10.3 Å². The van der Waals surface area contributed by atoms with Crippen molar-refractivity contribution in [3.8, 4) is 11.3 Å². The number of Topliss-reactive ketones (excluding diaryl/α,β-unsaturated/α-hetero) is 2. The molecule has 0 atom stereocenters. The predicted molar refractivity (Wildman–Crippen MR) is 90.0 cm³/mol. The van der Waals surface area contributed by atoms with Crippen LogP contribution in [0.3, 0.4) is 0 Å². The van der Waals surface area contributed by atoms with Gasteiger partial charge in [0.05, 0.1) is 20.7 Å². The standard InChI is InChI=1S/C16H10BrN3O4/c1-18-14-12(17)16(22)11-10(15(14)21)5-6-19-13(11)8-3-2-4-9(7-8)20(23)24/h2-7,18H,1H3. The lowest BCUT2D eigenvalue weighted by molar-refractivity contribution is -0.384. The second-order valence-corrected chi connectivity index (χ2v) is 5.78. The van der Waals surface area contributed by atoms with Gasteiger partial charge in [0.25, 0.3) is 5.69 Å². The van der Waals surface area contributed by atoms with E-state index in [2.05, 4.69) is 26.2 Å². The molecule has 1 aliphatic rings. The Morgan fingerprint density at radius 3 is 2.62 bits per heavy atom.